The highest BCUT2D eigenvalue weighted by molar-refractivity contribution is 5.93. The number of benzene rings is 1. The van der Waals surface area contributed by atoms with Crippen LogP contribution in [0.25, 0.3) is 0 Å². The molecule has 1 amide bonds. The van der Waals surface area contributed by atoms with Crippen LogP contribution in [0.2, 0.25) is 0 Å². The van der Waals surface area contributed by atoms with Crippen LogP contribution in [-0.2, 0) is 11.2 Å². The molecule has 7 nitrogen and oxygen atoms in total. The molecule has 7 heteroatoms. The molecule has 1 aromatic carbocycles. The van der Waals surface area contributed by atoms with E-state index in [1.807, 2.05) is 19.1 Å². The second kappa shape index (κ2) is 7.23. The van der Waals surface area contributed by atoms with Gasteiger partial charge in [-0.15, -0.1) is 0 Å². The molecule has 25 heavy (non-hydrogen) atoms. The zero-order valence-electron chi connectivity index (χ0n) is 14.6. The van der Waals surface area contributed by atoms with Crippen LogP contribution in [-0.4, -0.2) is 28.7 Å². The quantitative estimate of drug-likeness (QED) is 0.864. The summed E-state index contributed by atoms with van der Waals surface area (Å²) >= 11 is 0. The molecular weight excluding hydrogens is 320 g/mol. The van der Waals surface area contributed by atoms with E-state index in [4.69, 9.17) is 15.0 Å². The molecular formula is C18H24N4O3. The number of hydrogen-bond acceptors (Lipinski definition) is 6. The number of carbonyl (C=O) groups excluding carboxylic acids is 1. The molecule has 3 rings (SSSR count). The fourth-order valence-corrected chi connectivity index (χ4v) is 3.33. The summed E-state index contributed by atoms with van der Waals surface area (Å²) in [4.78, 5) is 16.7. The van der Waals surface area contributed by atoms with Crippen molar-refractivity contribution in [3.05, 3.63) is 36.0 Å². The van der Waals surface area contributed by atoms with Gasteiger partial charge >= 0.3 is 0 Å². The largest absolute Gasteiger partial charge is 0.495 e. The molecule has 0 saturated heterocycles. The Hall–Kier alpha value is -2.41. The first-order valence-electron chi connectivity index (χ1n) is 8.54. The van der Waals surface area contributed by atoms with Crippen LogP contribution in [0.15, 0.2) is 28.8 Å². The van der Waals surface area contributed by atoms with E-state index in [1.54, 1.807) is 19.2 Å². The lowest BCUT2D eigenvalue weighted by Crippen LogP contribution is -2.44. The van der Waals surface area contributed by atoms with Gasteiger partial charge in [0.05, 0.1) is 25.1 Å². The molecule has 1 aliphatic carbocycles. The minimum atomic E-state index is -0.346. The van der Waals surface area contributed by atoms with Gasteiger partial charge in [0.1, 0.15) is 5.75 Å². The van der Waals surface area contributed by atoms with E-state index >= 15 is 0 Å². The number of nitrogens with zero attached hydrogens (tertiary/aromatic N) is 2. The van der Waals surface area contributed by atoms with Gasteiger partial charge in [0.25, 0.3) is 0 Å². The van der Waals surface area contributed by atoms with Crippen LogP contribution in [0.5, 0.6) is 5.75 Å². The summed E-state index contributed by atoms with van der Waals surface area (Å²) in [6, 6.07) is 7.23. The number of ether oxygens (including phenoxy) is 1. The van der Waals surface area contributed by atoms with Gasteiger partial charge in [-0.2, -0.15) is 4.98 Å². The maximum absolute atomic E-state index is 12.2. The third kappa shape index (κ3) is 3.99. The lowest BCUT2D eigenvalue weighted by Gasteiger charge is -2.35. The van der Waals surface area contributed by atoms with Gasteiger partial charge in [-0.25, -0.2) is 0 Å². The molecule has 2 atom stereocenters. The number of nitrogens with one attached hydrogen (secondary N) is 1. The monoisotopic (exact) mass is 344 g/mol. The molecule has 1 saturated carbocycles. The van der Waals surface area contributed by atoms with Crippen molar-refractivity contribution in [2.75, 3.05) is 12.4 Å². The summed E-state index contributed by atoms with van der Waals surface area (Å²) in [5.41, 5.74) is 6.64. The Kier molecular flexibility index (Phi) is 5.03. The van der Waals surface area contributed by atoms with Crippen molar-refractivity contribution in [3.8, 4) is 5.75 Å². The van der Waals surface area contributed by atoms with Crippen molar-refractivity contribution in [2.24, 2.45) is 5.73 Å². The van der Waals surface area contributed by atoms with E-state index in [-0.39, 0.29) is 23.8 Å². The molecule has 2 unspecified atom stereocenters. The van der Waals surface area contributed by atoms with Gasteiger partial charge in [-0.05, 0) is 31.9 Å². The van der Waals surface area contributed by atoms with E-state index in [1.165, 1.54) is 0 Å². The van der Waals surface area contributed by atoms with Gasteiger partial charge in [0.15, 0.2) is 5.82 Å². The Morgan fingerprint density at radius 3 is 3.00 bits per heavy atom. The first-order chi connectivity index (χ1) is 12.0. The first kappa shape index (κ1) is 17.4. The van der Waals surface area contributed by atoms with Crippen LogP contribution in [0.1, 0.15) is 50.2 Å². The van der Waals surface area contributed by atoms with E-state index in [9.17, 15) is 4.79 Å². The Morgan fingerprint density at radius 2 is 2.24 bits per heavy atom. The number of para-hydroxylation sites is 2. The molecule has 0 radical (unpaired) electrons. The van der Waals surface area contributed by atoms with Crippen LogP contribution in [0, 0.1) is 0 Å². The molecule has 0 spiro atoms. The third-order valence-corrected chi connectivity index (χ3v) is 4.74. The van der Waals surface area contributed by atoms with Crippen LogP contribution >= 0.6 is 0 Å². The van der Waals surface area contributed by atoms with Crippen molar-refractivity contribution in [3.63, 3.8) is 0 Å². The number of nitrogens with two attached hydrogens (primary N) is 1. The third-order valence-electron chi connectivity index (χ3n) is 4.74. The van der Waals surface area contributed by atoms with Gasteiger partial charge in [0.2, 0.25) is 11.8 Å². The molecule has 1 aromatic heterocycles. The Labute approximate surface area is 146 Å². The number of methoxy groups -OCH3 is 1. The predicted octanol–water partition coefficient (Wildman–Crippen LogP) is 2.63. The summed E-state index contributed by atoms with van der Waals surface area (Å²) in [5.74, 6) is 1.31. The SMILES string of the molecule is COc1ccccc1NC(=O)Cc1noc(C2CCCCC2(C)N)n1. The maximum atomic E-state index is 12.2. The normalized spacial score (nSPS) is 23.2. The summed E-state index contributed by atoms with van der Waals surface area (Å²) in [6.07, 6.45) is 4.12. The highest BCUT2D eigenvalue weighted by Crippen LogP contribution is 2.38. The van der Waals surface area contributed by atoms with Crippen molar-refractivity contribution < 1.29 is 14.1 Å². The van der Waals surface area contributed by atoms with E-state index in [0.29, 0.717) is 23.2 Å². The molecule has 134 valence electrons. The second-order valence-electron chi connectivity index (χ2n) is 6.78. The molecule has 0 bridgehead atoms. The maximum Gasteiger partial charge on any atom is 0.232 e. The molecule has 3 N–H and O–H groups in total. The molecule has 1 heterocycles. The topological polar surface area (TPSA) is 103 Å². The van der Waals surface area contributed by atoms with E-state index < -0.39 is 0 Å². The van der Waals surface area contributed by atoms with Gasteiger partial charge in [-0.1, -0.05) is 30.1 Å². The fourth-order valence-electron chi connectivity index (χ4n) is 3.33. The lowest BCUT2D eigenvalue weighted by atomic mass is 9.74. The zero-order chi connectivity index (χ0) is 17.9. The van der Waals surface area contributed by atoms with Gasteiger partial charge < -0.3 is 20.3 Å². The standard InChI is InChI=1S/C18H24N4O3/c1-18(19)10-6-5-7-12(18)17-21-15(22-25-17)11-16(23)20-13-8-3-4-9-14(13)24-2/h3-4,8-9,12H,5-7,10-11,19H2,1-2H3,(H,20,23). The van der Waals surface area contributed by atoms with Crippen molar-refractivity contribution in [2.45, 2.75) is 50.5 Å². The van der Waals surface area contributed by atoms with Crippen molar-refractivity contribution in [1.82, 2.24) is 10.1 Å². The second-order valence-corrected chi connectivity index (χ2v) is 6.78. The number of aromatic nitrogens is 2. The summed E-state index contributed by atoms with van der Waals surface area (Å²) in [5, 5.41) is 6.75. The number of amides is 1. The fraction of sp³-hybridized carbons (Fsp3) is 0.500. The van der Waals surface area contributed by atoms with E-state index in [2.05, 4.69) is 15.5 Å². The van der Waals surface area contributed by atoms with E-state index in [0.717, 1.165) is 25.7 Å². The number of anilines is 1. The summed E-state index contributed by atoms with van der Waals surface area (Å²) in [6.45, 7) is 2.02. The van der Waals surface area contributed by atoms with Gasteiger partial charge in [0, 0.05) is 5.54 Å². The van der Waals surface area contributed by atoms with Crippen molar-refractivity contribution in [1.29, 1.82) is 0 Å². The summed E-state index contributed by atoms with van der Waals surface area (Å²) in [7, 11) is 1.56. The molecule has 0 aliphatic heterocycles. The van der Waals surface area contributed by atoms with Crippen LogP contribution in [0.4, 0.5) is 5.69 Å². The molecule has 1 aliphatic rings. The average molecular weight is 344 g/mol. The highest BCUT2D eigenvalue weighted by atomic mass is 16.5. The number of hydrogen-bond donors (Lipinski definition) is 2. The first-order valence-corrected chi connectivity index (χ1v) is 8.54. The van der Waals surface area contributed by atoms with Crippen molar-refractivity contribution >= 4 is 11.6 Å². The minimum absolute atomic E-state index is 0.0373. The Morgan fingerprint density at radius 1 is 1.44 bits per heavy atom. The summed E-state index contributed by atoms with van der Waals surface area (Å²) < 4.78 is 10.6. The number of carbonyl (C=O) groups is 1. The lowest BCUT2D eigenvalue weighted by molar-refractivity contribution is -0.115. The van der Waals surface area contributed by atoms with Crippen LogP contribution < -0.4 is 15.8 Å². The Balaban J connectivity index is 1.66. The zero-order valence-corrected chi connectivity index (χ0v) is 14.6. The Bertz CT molecular complexity index is 741. The highest BCUT2D eigenvalue weighted by Gasteiger charge is 2.37. The average Bonchev–Trinajstić information content (AvgIpc) is 3.02. The predicted molar refractivity (Wildman–Crippen MR) is 93.4 cm³/mol. The molecule has 1 fully saturated rings. The smallest absolute Gasteiger partial charge is 0.232 e. The number of rotatable bonds is 5. The molecule has 2 aromatic rings. The van der Waals surface area contributed by atoms with Crippen LogP contribution in [0.3, 0.4) is 0 Å². The minimum Gasteiger partial charge on any atom is -0.495 e. The van der Waals surface area contributed by atoms with Gasteiger partial charge in [-0.3, -0.25) is 4.79 Å².